The van der Waals surface area contributed by atoms with Gasteiger partial charge in [-0.15, -0.1) is 0 Å². The van der Waals surface area contributed by atoms with Crippen LogP contribution in [0.4, 0.5) is 5.95 Å². The van der Waals surface area contributed by atoms with Crippen molar-refractivity contribution >= 4 is 16.7 Å². The molecule has 0 amide bonds. The van der Waals surface area contributed by atoms with Gasteiger partial charge in [-0.1, -0.05) is 42.5 Å². The molecule has 88 valence electrons. The van der Waals surface area contributed by atoms with Gasteiger partial charge in [-0.2, -0.15) is 0 Å². The number of benzene rings is 2. The van der Waals surface area contributed by atoms with Crippen LogP contribution in [0.3, 0.4) is 0 Å². The number of nitrogens with two attached hydrogens (primary N) is 1. The second-order valence-corrected chi connectivity index (χ2v) is 4.28. The van der Waals surface area contributed by atoms with E-state index in [1.165, 1.54) is 10.8 Å². The highest BCUT2D eigenvalue weighted by atomic mass is 15.0. The lowest BCUT2D eigenvalue weighted by Crippen LogP contribution is -1.98. The number of nitrogen functional groups attached to an aromatic ring is 1. The summed E-state index contributed by atoms with van der Waals surface area (Å²) in [5, 5.41) is 2.38. The Morgan fingerprint density at radius 2 is 1.78 bits per heavy atom. The Bertz CT molecular complexity index is 700. The molecule has 0 bridgehead atoms. The van der Waals surface area contributed by atoms with E-state index in [4.69, 9.17) is 5.73 Å². The van der Waals surface area contributed by atoms with Crippen LogP contribution in [-0.4, -0.2) is 9.97 Å². The number of aromatic nitrogens is 2. The first-order valence-corrected chi connectivity index (χ1v) is 5.83. The average molecular weight is 236 g/mol. The molecule has 3 rings (SSSR count). The first kappa shape index (κ1) is 10.7. The summed E-state index contributed by atoms with van der Waals surface area (Å²) in [6, 6.07) is 16.4. The predicted octanol–water partition coefficient (Wildman–Crippen LogP) is 3.30. The Kier molecular flexibility index (Phi) is 2.45. The molecule has 0 saturated carbocycles. The number of aryl methyl sites for hydroxylation is 1. The topological polar surface area (TPSA) is 51.8 Å². The Morgan fingerprint density at radius 1 is 1.00 bits per heavy atom. The maximum Gasteiger partial charge on any atom is 1.00 e. The van der Waals surface area contributed by atoms with Crippen LogP contribution in [0.25, 0.3) is 22.0 Å². The Balaban J connectivity index is 0.00000133. The lowest BCUT2D eigenvalue weighted by molar-refractivity contribution is 1.12. The SMILES string of the molecule is Cc1cc(-c2cccc3ccccc23)nc(N)n1.[H+]. The lowest BCUT2D eigenvalue weighted by Gasteiger charge is -2.07. The van der Waals surface area contributed by atoms with Crippen molar-refractivity contribution in [2.75, 3.05) is 5.73 Å². The third-order valence-corrected chi connectivity index (χ3v) is 2.94. The van der Waals surface area contributed by atoms with Gasteiger partial charge in [0.15, 0.2) is 0 Å². The van der Waals surface area contributed by atoms with E-state index < -0.39 is 0 Å². The third-order valence-electron chi connectivity index (χ3n) is 2.94. The van der Waals surface area contributed by atoms with Gasteiger partial charge in [-0.25, -0.2) is 9.97 Å². The molecule has 0 aliphatic heterocycles. The fourth-order valence-corrected chi connectivity index (χ4v) is 2.18. The molecule has 0 fully saturated rings. The van der Waals surface area contributed by atoms with E-state index in [0.717, 1.165) is 17.0 Å². The standard InChI is InChI=1S/C15H13N3/c1-10-9-14(18-15(16)17-10)13-8-4-6-11-5-2-3-7-12(11)13/h2-9H,1H3,(H2,16,17,18)/p+1. The van der Waals surface area contributed by atoms with Crippen LogP contribution >= 0.6 is 0 Å². The van der Waals surface area contributed by atoms with Crippen LogP contribution < -0.4 is 5.73 Å². The zero-order chi connectivity index (χ0) is 12.5. The number of rotatable bonds is 1. The van der Waals surface area contributed by atoms with Crippen LogP contribution in [0.1, 0.15) is 7.12 Å². The third kappa shape index (κ3) is 1.80. The van der Waals surface area contributed by atoms with Crippen molar-refractivity contribution in [2.45, 2.75) is 6.92 Å². The highest BCUT2D eigenvalue weighted by Crippen LogP contribution is 2.27. The molecule has 0 aliphatic carbocycles. The van der Waals surface area contributed by atoms with Gasteiger partial charge in [-0.3, -0.25) is 0 Å². The summed E-state index contributed by atoms with van der Waals surface area (Å²) >= 11 is 0. The quantitative estimate of drug-likeness (QED) is 0.705. The number of fused-ring (bicyclic) bond motifs is 1. The van der Waals surface area contributed by atoms with E-state index in [9.17, 15) is 0 Å². The smallest absolute Gasteiger partial charge is 0.368 e. The minimum absolute atomic E-state index is 0. The highest BCUT2D eigenvalue weighted by molar-refractivity contribution is 5.95. The number of anilines is 1. The van der Waals surface area contributed by atoms with E-state index in [1.807, 2.05) is 31.2 Å². The summed E-state index contributed by atoms with van der Waals surface area (Å²) in [5.74, 6) is 0.318. The van der Waals surface area contributed by atoms with Crippen molar-refractivity contribution in [2.24, 2.45) is 0 Å². The van der Waals surface area contributed by atoms with Crippen LogP contribution in [0.5, 0.6) is 0 Å². The van der Waals surface area contributed by atoms with Gasteiger partial charge in [0.1, 0.15) is 0 Å². The molecule has 2 N–H and O–H groups in total. The largest absolute Gasteiger partial charge is 1.00 e. The fraction of sp³-hybridized carbons (Fsp3) is 0.0667. The van der Waals surface area contributed by atoms with Crippen molar-refractivity contribution in [3.63, 3.8) is 0 Å². The van der Waals surface area contributed by atoms with Crippen LogP contribution in [-0.2, 0) is 0 Å². The zero-order valence-electron chi connectivity index (χ0n) is 11.1. The predicted molar refractivity (Wildman–Crippen MR) is 75.2 cm³/mol. The van der Waals surface area contributed by atoms with Crippen molar-refractivity contribution in [1.82, 2.24) is 9.97 Å². The van der Waals surface area contributed by atoms with E-state index in [1.54, 1.807) is 0 Å². The second kappa shape index (κ2) is 4.11. The summed E-state index contributed by atoms with van der Waals surface area (Å²) < 4.78 is 0. The summed E-state index contributed by atoms with van der Waals surface area (Å²) in [4.78, 5) is 8.43. The zero-order valence-corrected chi connectivity index (χ0v) is 10.1. The molecule has 0 atom stereocenters. The van der Waals surface area contributed by atoms with Gasteiger partial charge in [0.05, 0.1) is 5.69 Å². The summed E-state index contributed by atoms with van der Waals surface area (Å²) in [7, 11) is 0. The maximum atomic E-state index is 5.72. The highest BCUT2D eigenvalue weighted by Gasteiger charge is 2.06. The van der Waals surface area contributed by atoms with E-state index in [-0.39, 0.29) is 1.43 Å². The van der Waals surface area contributed by atoms with E-state index >= 15 is 0 Å². The molecular weight excluding hydrogens is 222 g/mol. The second-order valence-electron chi connectivity index (χ2n) is 4.28. The van der Waals surface area contributed by atoms with Crippen molar-refractivity contribution in [3.05, 3.63) is 54.2 Å². The first-order chi connectivity index (χ1) is 8.74. The average Bonchev–Trinajstić information content (AvgIpc) is 2.37. The summed E-state index contributed by atoms with van der Waals surface area (Å²) in [6.45, 7) is 1.92. The molecule has 2 aromatic carbocycles. The fourth-order valence-electron chi connectivity index (χ4n) is 2.18. The van der Waals surface area contributed by atoms with Gasteiger partial charge < -0.3 is 5.73 Å². The van der Waals surface area contributed by atoms with Gasteiger partial charge >= 0.3 is 1.43 Å². The van der Waals surface area contributed by atoms with Gasteiger partial charge in [0.2, 0.25) is 5.95 Å². The minimum atomic E-state index is 0. The molecule has 0 aliphatic rings. The monoisotopic (exact) mass is 236 g/mol. The molecular formula is C15H14N3+. The van der Waals surface area contributed by atoms with E-state index in [0.29, 0.717) is 5.95 Å². The lowest BCUT2D eigenvalue weighted by atomic mass is 10.0. The number of hydrogen-bond acceptors (Lipinski definition) is 3. The van der Waals surface area contributed by atoms with Crippen molar-refractivity contribution in [1.29, 1.82) is 0 Å². The molecule has 0 unspecified atom stereocenters. The summed E-state index contributed by atoms with van der Waals surface area (Å²) in [5.41, 5.74) is 8.56. The minimum Gasteiger partial charge on any atom is -0.368 e. The van der Waals surface area contributed by atoms with Crippen molar-refractivity contribution in [3.8, 4) is 11.3 Å². The molecule has 3 aromatic rings. The Hall–Kier alpha value is -2.42. The van der Waals surface area contributed by atoms with Gasteiger partial charge in [-0.05, 0) is 23.8 Å². The number of nitrogens with zero attached hydrogens (tertiary/aromatic N) is 2. The Morgan fingerprint density at radius 3 is 2.61 bits per heavy atom. The van der Waals surface area contributed by atoms with Crippen LogP contribution in [0.2, 0.25) is 0 Å². The first-order valence-electron chi connectivity index (χ1n) is 5.83. The number of hydrogen-bond donors (Lipinski definition) is 1. The maximum absolute atomic E-state index is 5.72. The molecule has 0 radical (unpaired) electrons. The molecule has 1 heterocycles. The Labute approximate surface area is 107 Å². The normalized spacial score (nSPS) is 10.7. The van der Waals surface area contributed by atoms with Gasteiger partial charge in [0, 0.05) is 11.3 Å². The molecule has 18 heavy (non-hydrogen) atoms. The molecule has 3 heteroatoms. The van der Waals surface area contributed by atoms with Crippen molar-refractivity contribution < 1.29 is 1.43 Å². The van der Waals surface area contributed by atoms with Gasteiger partial charge in [0.25, 0.3) is 0 Å². The molecule has 0 spiro atoms. The van der Waals surface area contributed by atoms with E-state index in [2.05, 4.69) is 34.2 Å². The van der Waals surface area contributed by atoms with Crippen LogP contribution in [0, 0.1) is 6.92 Å². The molecule has 3 nitrogen and oxygen atoms in total. The van der Waals surface area contributed by atoms with Crippen LogP contribution in [0.15, 0.2) is 48.5 Å². The molecule has 0 saturated heterocycles. The molecule has 1 aromatic heterocycles. The summed E-state index contributed by atoms with van der Waals surface area (Å²) in [6.07, 6.45) is 0.